The van der Waals surface area contributed by atoms with Crippen LogP contribution in [-0.2, 0) is 0 Å². The van der Waals surface area contributed by atoms with E-state index in [4.69, 9.17) is 17.3 Å². The molecule has 2 unspecified atom stereocenters. The van der Waals surface area contributed by atoms with Crippen LogP contribution < -0.4 is 11.1 Å². The summed E-state index contributed by atoms with van der Waals surface area (Å²) in [5.74, 6) is -0.0863. The van der Waals surface area contributed by atoms with E-state index in [0.29, 0.717) is 16.6 Å². The summed E-state index contributed by atoms with van der Waals surface area (Å²) in [6, 6.07) is 6.15. The first-order valence-electron chi connectivity index (χ1n) is 6.50. The lowest BCUT2D eigenvalue weighted by molar-refractivity contribution is 0.0828. The fraction of sp³-hybridized carbons (Fsp3) is 0.500. The Hall–Kier alpha value is -1.26. The van der Waals surface area contributed by atoms with Crippen molar-refractivity contribution in [2.45, 2.75) is 31.3 Å². The smallest absolute Gasteiger partial charge is 0.254 e. The van der Waals surface area contributed by atoms with Crippen LogP contribution >= 0.6 is 11.6 Å². The van der Waals surface area contributed by atoms with Crippen LogP contribution in [0.1, 0.15) is 29.6 Å². The normalized spacial score (nSPS) is 22.3. The van der Waals surface area contributed by atoms with Gasteiger partial charge in [-0.05, 0) is 37.5 Å². The van der Waals surface area contributed by atoms with Crippen LogP contribution in [0.2, 0.25) is 5.02 Å². The summed E-state index contributed by atoms with van der Waals surface area (Å²) >= 11 is 6.08. The van der Waals surface area contributed by atoms with Gasteiger partial charge < -0.3 is 16.0 Å². The molecule has 1 amide bonds. The molecule has 1 aromatic carbocycles. The average molecular weight is 282 g/mol. The molecular weight excluding hydrogens is 262 g/mol. The van der Waals surface area contributed by atoms with E-state index in [1.807, 2.05) is 12.1 Å². The van der Waals surface area contributed by atoms with Gasteiger partial charge in [0.05, 0.1) is 10.6 Å². The largest absolute Gasteiger partial charge is 0.382 e. The van der Waals surface area contributed by atoms with Gasteiger partial charge in [0, 0.05) is 31.9 Å². The van der Waals surface area contributed by atoms with Crippen molar-refractivity contribution in [1.82, 2.24) is 4.90 Å². The third-order valence-electron chi connectivity index (χ3n) is 3.45. The summed E-state index contributed by atoms with van der Waals surface area (Å²) < 4.78 is 0. The van der Waals surface area contributed by atoms with Crippen LogP contribution in [0, 0.1) is 0 Å². The van der Waals surface area contributed by atoms with Gasteiger partial charge in [-0.25, -0.2) is 0 Å². The van der Waals surface area contributed by atoms with E-state index in [1.54, 1.807) is 20.2 Å². The van der Waals surface area contributed by atoms with Crippen LogP contribution in [-0.4, -0.2) is 37.0 Å². The number of benzene rings is 1. The molecule has 2 atom stereocenters. The highest BCUT2D eigenvalue weighted by Crippen LogP contribution is 2.25. The molecule has 0 saturated heterocycles. The lowest BCUT2D eigenvalue weighted by Crippen LogP contribution is -2.23. The summed E-state index contributed by atoms with van der Waals surface area (Å²) in [7, 11) is 3.43. The minimum absolute atomic E-state index is 0.0863. The zero-order chi connectivity index (χ0) is 14.0. The predicted molar refractivity (Wildman–Crippen MR) is 78.7 cm³/mol. The Balaban J connectivity index is 2.14. The molecule has 104 valence electrons. The molecule has 2 rings (SSSR count). The van der Waals surface area contributed by atoms with Gasteiger partial charge in [0.2, 0.25) is 0 Å². The number of amides is 1. The monoisotopic (exact) mass is 281 g/mol. The standard InChI is InChI=1S/C14H20ClN3O/c1-18(2)14(19)12-8-11(5-6-13(12)15)17-10-4-3-9(16)7-10/h5-6,8-10,17H,3-4,7,16H2,1-2H3. The van der Waals surface area contributed by atoms with Crippen LogP contribution in [0.5, 0.6) is 0 Å². The predicted octanol–water partition coefficient (Wildman–Crippen LogP) is 2.33. The van der Waals surface area contributed by atoms with E-state index in [-0.39, 0.29) is 11.9 Å². The number of carbonyl (C=O) groups is 1. The Labute approximate surface area is 118 Å². The van der Waals surface area contributed by atoms with Crippen molar-refractivity contribution >= 4 is 23.2 Å². The number of anilines is 1. The van der Waals surface area contributed by atoms with Crippen molar-refractivity contribution in [3.8, 4) is 0 Å². The van der Waals surface area contributed by atoms with Gasteiger partial charge in [-0.15, -0.1) is 0 Å². The maximum atomic E-state index is 12.0. The fourth-order valence-corrected chi connectivity index (χ4v) is 2.60. The van der Waals surface area contributed by atoms with Crippen LogP contribution in [0.4, 0.5) is 5.69 Å². The summed E-state index contributed by atoms with van der Waals surface area (Å²) in [5.41, 5.74) is 7.35. The van der Waals surface area contributed by atoms with E-state index in [0.717, 1.165) is 24.9 Å². The molecule has 1 fully saturated rings. The molecule has 19 heavy (non-hydrogen) atoms. The molecule has 0 aromatic heterocycles. The summed E-state index contributed by atoms with van der Waals surface area (Å²) in [5, 5.41) is 3.90. The highest BCUT2D eigenvalue weighted by Gasteiger charge is 2.22. The third kappa shape index (κ3) is 3.39. The van der Waals surface area contributed by atoms with E-state index < -0.39 is 0 Å². The Morgan fingerprint density at radius 3 is 2.74 bits per heavy atom. The number of hydrogen-bond acceptors (Lipinski definition) is 3. The molecule has 3 N–H and O–H groups in total. The quantitative estimate of drug-likeness (QED) is 0.894. The number of halogens is 1. The zero-order valence-corrected chi connectivity index (χ0v) is 12.1. The van der Waals surface area contributed by atoms with Crippen LogP contribution in [0.3, 0.4) is 0 Å². The van der Waals surface area contributed by atoms with Gasteiger partial charge in [-0.2, -0.15) is 0 Å². The third-order valence-corrected chi connectivity index (χ3v) is 3.78. The Morgan fingerprint density at radius 2 is 2.16 bits per heavy atom. The average Bonchev–Trinajstić information content (AvgIpc) is 2.76. The van der Waals surface area contributed by atoms with Gasteiger partial charge in [0.1, 0.15) is 0 Å². The molecule has 0 bridgehead atoms. The highest BCUT2D eigenvalue weighted by molar-refractivity contribution is 6.34. The minimum atomic E-state index is -0.0863. The molecule has 0 radical (unpaired) electrons. The topological polar surface area (TPSA) is 58.4 Å². The number of rotatable bonds is 3. The molecule has 1 aliphatic rings. The van der Waals surface area contributed by atoms with Crippen molar-refractivity contribution in [2.24, 2.45) is 5.73 Å². The fourth-order valence-electron chi connectivity index (χ4n) is 2.40. The maximum absolute atomic E-state index is 12.0. The first-order valence-corrected chi connectivity index (χ1v) is 6.88. The first kappa shape index (κ1) is 14.2. The van der Waals surface area contributed by atoms with E-state index in [9.17, 15) is 4.79 Å². The molecule has 0 heterocycles. The van der Waals surface area contributed by atoms with Crippen molar-refractivity contribution < 1.29 is 4.79 Å². The number of nitrogens with zero attached hydrogens (tertiary/aromatic N) is 1. The lowest BCUT2D eigenvalue weighted by atomic mass is 10.1. The van der Waals surface area contributed by atoms with Crippen LogP contribution in [0.25, 0.3) is 0 Å². The number of nitrogens with two attached hydrogens (primary N) is 1. The van der Waals surface area contributed by atoms with Crippen molar-refractivity contribution in [3.05, 3.63) is 28.8 Å². The Bertz CT molecular complexity index is 476. The second-order valence-electron chi connectivity index (χ2n) is 5.31. The van der Waals surface area contributed by atoms with Crippen LogP contribution in [0.15, 0.2) is 18.2 Å². The van der Waals surface area contributed by atoms with Crippen molar-refractivity contribution in [3.63, 3.8) is 0 Å². The highest BCUT2D eigenvalue weighted by atomic mass is 35.5. The Morgan fingerprint density at radius 1 is 1.42 bits per heavy atom. The number of nitrogens with one attached hydrogen (secondary N) is 1. The van der Waals surface area contributed by atoms with Crippen molar-refractivity contribution in [2.75, 3.05) is 19.4 Å². The second-order valence-corrected chi connectivity index (χ2v) is 5.72. The van der Waals surface area contributed by atoms with Gasteiger partial charge in [-0.3, -0.25) is 4.79 Å². The van der Waals surface area contributed by atoms with Crippen molar-refractivity contribution in [1.29, 1.82) is 0 Å². The van der Waals surface area contributed by atoms with Gasteiger partial charge in [0.25, 0.3) is 5.91 Å². The van der Waals surface area contributed by atoms with Gasteiger partial charge in [-0.1, -0.05) is 11.6 Å². The first-order chi connectivity index (χ1) is 8.97. The zero-order valence-electron chi connectivity index (χ0n) is 11.3. The number of carbonyl (C=O) groups excluding carboxylic acids is 1. The summed E-state index contributed by atoms with van der Waals surface area (Å²) in [6.07, 6.45) is 3.09. The molecule has 0 spiro atoms. The van der Waals surface area contributed by atoms with Gasteiger partial charge in [0.15, 0.2) is 0 Å². The van der Waals surface area contributed by atoms with E-state index >= 15 is 0 Å². The molecule has 1 aromatic rings. The molecule has 1 saturated carbocycles. The van der Waals surface area contributed by atoms with Gasteiger partial charge >= 0.3 is 0 Å². The lowest BCUT2D eigenvalue weighted by Gasteiger charge is -2.16. The maximum Gasteiger partial charge on any atom is 0.254 e. The SMILES string of the molecule is CN(C)C(=O)c1cc(NC2CCC(N)C2)ccc1Cl. The molecule has 4 nitrogen and oxygen atoms in total. The molecule has 5 heteroatoms. The minimum Gasteiger partial charge on any atom is -0.382 e. The second kappa shape index (κ2) is 5.80. The summed E-state index contributed by atoms with van der Waals surface area (Å²) in [4.78, 5) is 13.5. The van der Waals surface area contributed by atoms with E-state index in [1.165, 1.54) is 4.90 Å². The van der Waals surface area contributed by atoms with E-state index in [2.05, 4.69) is 5.32 Å². The molecule has 1 aliphatic carbocycles. The molecular formula is C14H20ClN3O. The summed E-state index contributed by atoms with van der Waals surface area (Å²) in [6.45, 7) is 0. The Kier molecular flexibility index (Phi) is 4.32. The molecule has 0 aliphatic heterocycles. The number of hydrogen-bond donors (Lipinski definition) is 2.